The van der Waals surface area contributed by atoms with E-state index in [2.05, 4.69) is 10.3 Å². The number of hydrogen-bond acceptors (Lipinski definition) is 5. The Bertz CT molecular complexity index is 827. The lowest BCUT2D eigenvalue weighted by Gasteiger charge is -2.39. The third-order valence-electron chi connectivity index (χ3n) is 4.88. The number of benzene rings is 1. The lowest BCUT2D eigenvalue weighted by atomic mass is 9.82. The van der Waals surface area contributed by atoms with Crippen LogP contribution in [0.25, 0.3) is 10.9 Å². The molecule has 132 valence electrons. The predicted octanol–water partition coefficient (Wildman–Crippen LogP) is 2.50. The van der Waals surface area contributed by atoms with Gasteiger partial charge in [-0.05, 0) is 6.07 Å². The van der Waals surface area contributed by atoms with Crippen LogP contribution in [0.2, 0.25) is 0 Å². The fourth-order valence-electron chi connectivity index (χ4n) is 3.86. The summed E-state index contributed by atoms with van der Waals surface area (Å²) in [4.78, 5) is 28.6. The Labute approximate surface area is 154 Å². The van der Waals surface area contributed by atoms with E-state index in [0.29, 0.717) is 12.8 Å². The molecule has 1 aromatic carbocycles. The van der Waals surface area contributed by atoms with Crippen LogP contribution in [0.5, 0.6) is 0 Å². The first-order valence-corrected chi connectivity index (χ1v) is 10.4. The molecule has 2 heterocycles. The third kappa shape index (κ3) is 2.78. The molecule has 2 aliphatic rings. The third-order valence-corrected chi connectivity index (χ3v) is 8.60. The number of fused-ring (bicyclic) bond motifs is 4. The van der Waals surface area contributed by atoms with E-state index in [0.717, 1.165) is 33.7 Å². The van der Waals surface area contributed by atoms with E-state index < -0.39 is 0 Å². The van der Waals surface area contributed by atoms with Crippen LogP contribution < -0.4 is 5.32 Å². The van der Waals surface area contributed by atoms with Gasteiger partial charge in [0.05, 0.1) is 12.3 Å². The van der Waals surface area contributed by atoms with Gasteiger partial charge in [0.1, 0.15) is 4.08 Å². The zero-order valence-corrected chi connectivity index (χ0v) is 15.3. The first-order valence-electron chi connectivity index (χ1n) is 8.45. The Balaban J connectivity index is 1.76. The SMILES string of the molecule is O=C(CC1CC(=O)c2c([nH]c3ccccc23)C12SCCS2)NCCO. The van der Waals surface area contributed by atoms with E-state index >= 15 is 0 Å². The molecule has 25 heavy (non-hydrogen) atoms. The molecule has 0 saturated carbocycles. The van der Waals surface area contributed by atoms with Gasteiger partial charge in [-0.3, -0.25) is 9.59 Å². The van der Waals surface area contributed by atoms with E-state index in [4.69, 9.17) is 5.11 Å². The van der Waals surface area contributed by atoms with Crippen molar-refractivity contribution in [2.24, 2.45) is 5.92 Å². The fourth-order valence-corrected chi connectivity index (χ4v) is 7.37. The average molecular weight is 377 g/mol. The monoisotopic (exact) mass is 376 g/mol. The molecule has 0 radical (unpaired) electrons. The number of carbonyl (C=O) groups excluding carboxylic acids is 2. The minimum atomic E-state index is -0.265. The second kappa shape index (κ2) is 6.70. The van der Waals surface area contributed by atoms with Crippen molar-refractivity contribution >= 4 is 46.1 Å². The number of amides is 1. The summed E-state index contributed by atoms with van der Waals surface area (Å²) in [6, 6.07) is 7.92. The molecule has 1 unspecified atom stereocenters. The Morgan fingerprint density at radius 1 is 1.32 bits per heavy atom. The predicted molar refractivity (Wildman–Crippen MR) is 102 cm³/mol. The quantitative estimate of drug-likeness (QED) is 0.764. The van der Waals surface area contributed by atoms with Gasteiger partial charge < -0.3 is 15.4 Å². The Morgan fingerprint density at radius 3 is 2.84 bits per heavy atom. The van der Waals surface area contributed by atoms with Gasteiger partial charge in [0.15, 0.2) is 5.78 Å². The van der Waals surface area contributed by atoms with Crippen molar-refractivity contribution < 1.29 is 14.7 Å². The number of aromatic nitrogens is 1. The highest BCUT2D eigenvalue weighted by Crippen LogP contribution is 2.61. The van der Waals surface area contributed by atoms with Crippen molar-refractivity contribution in [1.29, 1.82) is 0 Å². The first kappa shape index (κ1) is 17.0. The van der Waals surface area contributed by atoms with Crippen molar-refractivity contribution in [3.8, 4) is 0 Å². The fraction of sp³-hybridized carbons (Fsp3) is 0.444. The number of rotatable bonds is 4. The van der Waals surface area contributed by atoms with Gasteiger partial charge in [0.25, 0.3) is 0 Å². The molecule has 1 saturated heterocycles. The maximum absolute atomic E-state index is 12.9. The number of aliphatic hydroxyl groups is 1. The van der Waals surface area contributed by atoms with E-state index in [1.54, 1.807) is 0 Å². The topological polar surface area (TPSA) is 82.2 Å². The van der Waals surface area contributed by atoms with Crippen LogP contribution in [0.4, 0.5) is 0 Å². The number of nitrogens with one attached hydrogen (secondary N) is 2. The lowest BCUT2D eigenvalue weighted by Crippen LogP contribution is -2.39. The summed E-state index contributed by atoms with van der Waals surface area (Å²) in [7, 11) is 0. The van der Waals surface area contributed by atoms with Gasteiger partial charge in [-0.2, -0.15) is 0 Å². The minimum absolute atomic E-state index is 0.0447. The summed E-state index contributed by atoms with van der Waals surface area (Å²) in [5, 5.41) is 12.6. The molecule has 1 aromatic heterocycles. The van der Waals surface area contributed by atoms with Crippen LogP contribution in [-0.4, -0.2) is 46.4 Å². The van der Waals surface area contributed by atoms with Gasteiger partial charge in [0, 0.05) is 53.3 Å². The van der Waals surface area contributed by atoms with E-state index in [9.17, 15) is 9.59 Å². The molecule has 7 heteroatoms. The second-order valence-electron chi connectivity index (χ2n) is 6.39. The molecule has 1 atom stereocenters. The maximum Gasteiger partial charge on any atom is 0.220 e. The second-order valence-corrected chi connectivity index (χ2v) is 9.33. The van der Waals surface area contributed by atoms with Gasteiger partial charge in [0.2, 0.25) is 5.91 Å². The first-order chi connectivity index (χ1) is 12.2. The molecular formula is C18H20N2O3S2. The number of aliphatic hydroxyl groups excluding tert-OH is 1. The van der Waals surface area contributed by atoms with Crippen molar-refractivity contribution in [3.05, 3.63) is 35.5 Å². The van der Waals surface area contributed by atoms with Gasteiger partial charge in [-0.25, -0.2) is 0 Å². The number of carbonyl (C=O) groups is 2. The molecule has 1 amide bonds. The Morgan fingerprint density at radius 2 is 2.08 bits per heavy atom. The van der Waals surface area contributed by atoms with E-state index in [1.165, 1.54) is 0 Å². The maximum atomic E-state index is 12.9. The zero-order valence-electron chi connectivity index (χ0n) is 13.7. The Hall–Kier alpha value is -1.44. The molecule has 2 aromatic rings. The normalized spacial score (nSPS) is 21.6. The van der Waals surface area contributed by atoms with Gasteiger partial charge >= 0.3 is 0 Å². The zero-order chi connectivity index (χ0) is 17.4. The van der Waals surface area contributed by atoms with Crippen molar-refractivity contribution in [2.45, 2.75) is 16.9 Å². The number of ketones is 1. The molecule has 4 rings (SSSR count). The summed E-state index contributed by atoms with van der Waals surface area (Å²) in [6.45, 7) is 0.181. The van der Waals surface area contributed by atoms with Crippen molar-refractivity contribution in [3.63, 3.8) is 0 Å². The molecule has 1 spiro atoms. The van der Waals surface area contributed by atoms with Crippen LogP contribution in [0.1, 0.15) is 28.9 Å². The van der Waals surface area contributed by atoms with Crippen LogP contribution in [-0.2, 0) is 8.87 Å². The summed E-state index contributed by atoms with van der Waals surface area (Å²) in [5.74, 6) is 2.01. The van der Waals surface area contributed by atoms with Crippen molar-refractivity contribution in [1.82, 2.24) is 10.3 Å². The van der Waals surface area contributed by atoms with E-state index in [-0.39, 0.29) is 34.8 Å². The average Bonchev–Trinajstić information content (AvgIpc) is 3.23. The summed E-state index contributed by atoms with van der Waals surface area (Å²) in [5.41, 5.74) is 2.78. The largest absolute Gasteiger partial charge is 0.395 e. The van der Waals surface area contributed by atoms with Gasteiger partial charge in [-0.1, -0.05) is 18.2 Å². The van der Waals surface area contributed by atoms with Gasteiger partial charge in [-0.15, -0.1) is 23.5 Å². The highest BCUT2D eigenvalue weighted by Gasteiger charge is 2.52. The van der Waals surface area contributed by atoms with Crippen LogP contribution in [0.15, 0.2) is 24.3 Å². The molecule has 1 aliphatic heterocycles. The van der Waals surface area contributed by atoms with Crippen LogP contribution in [0, 0.1) is 5.92 Å². The number of Topliss-reactive ketones (excluding diaryl/α,β-unsaturated/α-hetero) is 1. The highest BCUT2D eigenvalue weighted by atomic mass is 32.2. The molecule has 1 fully saturated rings. The highest BCUT2D eigenvalue weighted by molar-refractivity contribution is 8.20. The Kier molecular flexibility index (Phi) is 4.56. The molecular weight excluding hydrogens is 356 g/mol. The number of aromatic amines is 1. The summed E-state index contributed by atoms with van der Waals surface area (Å²) < 4.78 is -0.265. The lowest BCUT2D eigenvalue weighted by molar-refractivity contribution is -0.122. The molecule has 5 nitrogen and oxygen atoms in total. The van der Waals surface area contributed by atoms with Crippen LogP contribution in [0.3, 0.4) is 0 Å². The minimum Gasteiger partial charge on any atom is -0.395 e. The van der Waals surface area contributed by atoms with Crippen molar-refractivity contribution in [2.75, 3.05) is 24.7 Å². The smallest absolute Gasteiger partial charge is 0.220 e. The summed E-state index contributed by atoms with van der Waals surface area (Å²) >= 11 is 3.70. The molecule has 1 aliphatic carbocycles. The molecule has 0 bridgehead atoms. The standard InChI is InChI=1S/C18H20N2O3S2/c21-6-5-19-15(23)10-11-9-14(22)16-12-3-1-2-4-13(12)20-17(16)18(11)24-7-8-25-18/h1-4,11,20-21H,5-10H2,(H,19,23). The number of para-hydroxylation sites is 1. The summed E-state index contributed by atoms with van der Waals surface area (Å²) in [6.07, 6.45) is 0.696. The van der Waals surface area contributed by atoms with E-state index in [1.807, 2.05) is 47.8 Å². The molecule has 3 N–H and O–H groups in total. The van der Waals surface area contributed by atoms with Crippen LogP contribution >= 0.6 is 23.5 Å². The number of hydrogen-bond donors (Lipinski definition) is 3. The number of H-pyrrole nitrogens is 1. The number of thioether (sulfide) groups is 2.